The highest BCUT2D eigenvalue weighted by atomic mass is 16.5. The van der Waals surface area contributed by atoms with Gasteiger partial charge in [0, 0.05) is 41.0 Å². The average Bonchev–Trinajstić information content (AvgIpc) is 3.15. The van der Waals surface area contributed by atoms with Crippen LogP contribution in [0.2, 0.25) is 0 Å². The number of hydrogen-bond donors (Lipinski definition) is 3. The predicted molar refractivity (Wildman–Crippen MR) is 114 cm³/mol. The Kier molecular flexibility index (Phi) is 5.44. The maximum atomic E-state index is 12.7. The van der Waals surface area contributed by atoms with E-state index in [0.29, 0.717) is 22.3 Å². The summed E-state index contributed by atoms with van der Waals surface area (Å²) in [7, 11) is 1.50. The van der Waals surface area contributed by atoms with Crippen molar-refractivity contribution in [3.8, 4) is 5.75 Å². The van der Waals surface area contributed by atoms with Gasteiger partial charge in [-0.3, -0.25) is 4.79 Å². The lowest BCUT2D eigenvalue weighted by Crippen LogP contribution is -2.43. The van der Waals surface area contributed by atoms with Gasteiger partial charge >= 0.3 is 11.6 Å². The van der Waals surface area contributed by atoms with Gasteiger partial charge in [-0.2, -0.15) is 0 Å². The normalized spacial score (nSPS) is 12.0. The highest BCUT2D eigenvalue weighted by Gasteiger charge is 2.22. The maximum Gasteiger partial charge on any atom is 0.336 e. The van der Waals surface area contributed by atoms with E-state index in [4.69, 9.17) is 9.15 Å². The molecule has 8 heteroatoms. The zero-order valence-corrected chi connectivity index (χ0v) is 16.7. The number of aromatic nitrogens is 1. The Morgan fingerprint density at radius 3 is 2.71 bits per heavy atom. The number of carboxylic acid groups (broad SMARTS) is 1. The molecule has 0 saturated carbocycles. The second kappa shape index (κ2) is 8.35. The van der Waals surface area contributed by atoms with Crippen molar-refractivity contribution in [3.63, 3.8) is 0 Å². The molecule has 0 spiro atoms. The molecule has 4 rings (SSSR count). The van der Waals surface area contributed by atoms with Gasteiger partial charge in [-0.05, 0) is 29.3 Å². The molecule has 31 heavy (non-hydrogen) atoms. The number of para-hydroxylation sites is 1. The first-order valence-corrected chi connectivity index (χ1v) is 9.62. The Balaban J connectivity index is 1.55. The topological polar surface area (TPSA) is 122 Å². The van der Waals surface area contributed by atoms with Crippen LogP contribution >= 0.6 is 0 Å². The fourth-order valence-electron chi connectivity index (χ4n) is 3.62. The molecular formula is C23H20N2O6. The third-order valence-corrected chi connectivity index (χ3v) is 5.12. The van der Waals surface area contributed by atoms with Crippen LogP contribution in [0.4, 0.5) is 0 Å². The van der Waals surface area contributed by atoms with Crippen molar-refractivity contribution in [2.45, 2.75) is 18.9 Å². The summed E-state index contributed by atoms with van der Waals surface area (Å²) in [4.78, 5) is 39.5. The number of rotatable bonds is 7. The molecule has 0 aliphatic heterocycles. The minimum Gasteiger partial charge on any atom is -0.497 e. The Morgan fingerprint density at radius 1 is 1.13 bits per heavy atom. The van der Waals surface area contributed by atoms with Crippen LogP contribution in [0, 0.1) is 0 Å². The lowest BCUT2D eigenvalue weighted by Gasteiger charge is -2.15. The van der Waals surface area contributed by atoms with Gasteiger partial charge in [0.05, 0.1) is 13.5 Å². The number of hydrogen-bond acceptors (Lipinski definition) is 5. The molecule has 0 bridgehead atoms. The summed E-state index contributed by atoms with van der Waals surface area (Å²) < 4.78 is 10.3. The molecule has 4 aromatic rings. The van der Waals surface area contributed by atoms with Crippen LogP contribution in [0.3, 0.4) is 0 Å². The predicted octanol–water partition coefficient (Wildman–Crippen LogP) is 2.64. The lowest BCUT2D eigenvalue weighted by molar-refractivity contribution is -0.141. The fourth-order valence-corrected chi connectivity index (χ4v) is 3.62. The van der Waals surface area contributed by atoms with Crippen LogP contribution in [-0.2, 0) is 22.4 Å². The number of amides is 1. The van der Waals surface area contributed by atoms with E-state index in [-0.39, 0.29) is 12.8 Å². The summed E-state index contributed by atoms with van der Waals surface area (Å²) in [6.45, 7) is 0. The van der Waals surface area contributed by atoms with E-state index in [1.165, 1.54) is 13.2 Å². The summed E-state index contributed by atoms with van der Waals surface area (Å²) in [5.74, 6) is -1.13. The number of nitrogens with one attached hydrogen (secondary N) is 2. The fraction of sp³-hybridized carbons (Fsp3) is 0.174. The molecule has 0 aliphatic rings. The van der Waals surface area contributed by atoms with Crippen molar-refractivity contribution in [1.82, 2.24) is 10.3 Å². The first-order valence-electron chi connectivity index (χ1n) is 9.62. The van der Waals surface area contributed by atoms with E-state index >= 15 is 0 Å². The quantitative estimate of drug-likeness (QED) is 0.395. The van der Waals surface area contributed by atoms with Gasteiger partial charge in [-0.15, -0.1) is 0 Å². The standard InChI is InChI=1S/C23H20N2O6/c1-30-15-6-7-17-13(10-22(27)31-20(17)11-15)9-21(26)25-19(23(28)29)8-14-12-24-18-5-3-2-4-16(14)18/h2-7,10-12,19,24H,8-9H2,1H3,(H,25,26)(H,28,29)/t19-/m0/s1. The summed E-state index contributed by atoms with van der Waals surface area (Å²) in [6, 6.07) is 12.6. The summed E-state index contributed by atoms with van der Waals surface area (Å²) >= 11 is 0. The van der Waals surface area contributed by atoms with Crippen LogP contribution in [0.1, 0.15) is 11.1 Å². The number of methoxy groups -OCH3 is 1. The van der Waals surface area contributed by atoms with Crippen LogP contribution in [0.5, 0.6) is 5.75 Å². The van der Waals surface area contributed by atoms with Gasteiger partial charge < -0.3 is 24.6 Å². The Labute approximate surface area is 176 Å². The highest BCUT2D eigenvalue weighted by Crippen LogP contribution is 2.23. The molecule has 2 aromatic heterocycles. The summed E-state index contributed by atoms with van der Waals surface area (Å²) in [5.41, 5.74) is 1.83. The van der Waals surface area contributed by atoms with Gasteiger partial charge in [0.2, 0.25) is 5.91 Å². The molecule has 0 saturated heterocycles. The Morgan fingerprint density at radius 2 is 1.94 bits per heavy atom. The SMILES string of the molecule is COc1ccc2c(CC(=O)N[C@@H](Cc3c[nH]c4ccccc34)C(=O)O)cc(=O)oc2c1. The number of aromatic amines is 1. The van der Waals surface area contributed by atoms with E-state index in [9.17, 15) is 19.5 Å². The molecule has 3 N–H and O–H groups in total. The molecule has 2 aromatic carbocycles. The molecule has 0 fully saturated rings. The van der Waals surface area contributed by atoms with E-state index in [2.05, 4.69) is 10.3 Å². The third kappa shape index (κ3) is 4.28. The number of carbonyl (C=O) groups excluding carboxylic acids is 1. The van der Waals surface area contributed by atoms with Crippen molar-refractivity contribution in [2.24, 2.45) is 0 Å². The Bertz CT molecular complexity index is 1340. The molecule has 0 radical (unpaired) electrons. The number of fused-ring (bicyclic) bond motifs is 2. The monoisotopic (exact) mass is 420 g/mol. The van der Waals surface area contributed by atoms with Gasteiger partial charge in [-0.25, -0.2) is 9.59 Å². The first kappa shape index (κ1) is 20.2. The third-order valence-electron chi connectivity index (χ3n) is 5.12. The smallest absolute Gasteiger partial charge is 0.336 e. The molecule has 1 amide bonds. The van der Waals surface area contributed by atoms with Crippen LogP contribution in [-0.4, -0.2) is 35.1 Å². The molecule has 158 valence electrons. The molecule has 8 nitrogen and oxygen atoms in total. The summed E-state index contributed by atoms with van der Waals surface area (Å²) in [6.07, 6.45) is 1.71. The summed E-state index contributed by atoms with van der Waals surface area (Å²) in [5, 5.41) is 13.7. The first-order chi connectivity index (χ1) is 14.9. The molecular weight excluding hydrogens is 400 g/mol. The zero-order valence-electron chi connectivity index (χ0n) is 16.7. The minimum atomic E-state index is -1.14. The number of benzene rings is 2. The highest BCUT2D eigenvalue weighted by molar-refractivity contribution is 5.90. The number of H-pyrrole nitrogens is 1. The van der Waals surface area contributed by atoms with Crippen LogP contribution in [0.25, 0.3) is 21.9 Å². The van der Waals surface area contributed by atoms with E-state index in [0.717, 1.165) is 16.5 Å². The Hall–Kier alpha value is -4.07. The van der Waals surface area contributed by atoms with E-state index < -0.39 is 23.5 Å². The molecule has 0 aliphatic carbocycles. The van der Waals surface area contributed by atoms with Crippen molar-refractivity contribution in [2.75, 3.05) is 7.11 Å². The minimum absolute atomic E-state index is 0.125. The van der Waals surface area contributed by atoms with Gasteiger partial charge in [0.15, 0.2) is 0 Å². The van der Waals surface area contributed by atoms with Crippen molar-refractivity contribution in [1.29, 1.82) is 0 Å². The zero-order chi connectivity index (χ0) is 22.0. The lowest BCUT2D eigenvalue weighted by atomic mass is 10.0. The number of carboxylic acids is 1. The molecule has 2 heterocycles. The molecule has 0 unspecified atom stereocenters. The maximum absolute atomic E-state index is 12.7. The van der Waals surface area contributed by atoms with Crippen molar-refractivity contribution >= 4 is 33.7 Å². The van der Waals surface area contributed by atoms with E-state index in [1.807, 2.05) is 24.3 Å². The second-order valence-electron chi connectivity index (χ2n) is 7.15. The van der Waals surface area contributed by atoms with Gasteiger partial charge in [0.25, 0.3) is 0 Å². The second-order valence-corrected chi connectivity index (χ2v) is 7.15. The van der Waals surface area contributed by atoms with Crippen LogP contribution < -0.4 is 15.7 Å². The van der Waals surface area contributed by atoms with Crippen LogP contribution in [0.15, 0.2) is 63.9 Å². The van der Waals surface area contributed by atoms with Crippen molar-refractivity contribution in [3.05, 3.63) is 76.3 Å². The van der Waals surface area contributed by atoms with Crippen molar-refractivity contribution < 1.29 is 23.8 Å². The molecule has 1 atom stereocenters. The van der Waals surface area contributed by atoms with Gasteiger partial charge in [0.1, 0.15) is 17.4 Å². The number of aliphatic carboxylic acids is 1. The van der Waals surface area contributed by atoms with E-state index in [1.54, 1.807) is 24.4 Å². The largest absolute Gasteiger partial charge is 0.497 e. The van der Waals surface area contributed by atoms with Gasteiger partial charge in [-0.1, -0.05) is 18.2 Å². The number of ether oxygens (including phenoxy) is 1. The average molecular weight is 420 g/mol. The number of carbonyl (C=O) groups is 2.